The number of nitrogens with zero attached hydrogens (tertiary/aromatic N) is 3. The van der Waals surface area contributed by atoms with Crippen LogP contribution >= 0.6 is 0 Å². The molecule has 2 aliphatic rings. The first-order valence-electron chi connectivity index (χ1n) is 10.2. The van der Waals surface area contributed by atoms with Crippen LogP contribution in [0.1, 0.15) is 25.3 Å². The number of likely N-dealkylation sites (tertiary alicyclic amines) is 1. The van der Waals surface area contributed by atoms with Crippen LogP contribution in [0.3, 0.4) is 0 Å². The molecule has 2 heterocycles. The molecule has 1 aromatic carbocycles. The van der Waals surface area contributed by atoms with E-state index in [1.54, 1.807) is 0 Å². The van der Waals surface area contributed by atoms with Crippen molar-refractivity contribution in [1.82, 2.24) is 14.7 Å². The van der Waals surface area contributed by atoms with Gasteiger partial charge in [0.25, 0.3) is 0 Å². The molecule has 0 radical (unpaired) electrons. The van der Waals surface area contributed by atoms with Gasteiger partial charge >= 0.3 is 0 Å². The summed E-state index contributed by atoms with van der Waals surface area (Å²) < 4.78 is 11.4. The average Bonchev–Trinajstić information content (AvgIpc) is 2.70. The summed E-state index contributed by atoms with van der Waals surface area (Å²) in [7, 11) is 1.82. The van der Waals surface area contributed by atoms with Crippen LogP contribution in [-0.4, -0.2) is 86.9 Å². The van der Waals surface area contributed by atoms with E-state index >= 15 is 0 Å². The topological polar surface area (TPSA) is 28.2 Å². The van der Waals surface area contributed by atoms with Crippen molar-refractivity contribution in [2.75, 3.05) is 66.1 Å². The molecule has 2 fully saturated rings. The van der Waals surface area contributed by atoms with Crippen molar-refractivity contribution in [3.63, 3.8) is 0 Å². The Kier molecular flexibility index (Phi) is 7.74. The van der Waals surface area contributed by atoms with Crippen LogP contribution in [0.2, 0.25) is 0 Å². The maximum atomic E-state index is 5.95. The molecule has 0 aromatic heterocycles. The van der Waals surface area contributed by atoms with Crippen LogP contribution in [0.4, 0.5) is 0 Å². The molecule has 5 nitrogen and oxygen atoms in total. The Labute approximate surface area is 158 Å². The van der Waals surface area contributed by atoms with Gasteiger partial charge in [0, 0.05) is 59.5 Å². The predicted molar refractivity (Wildman–Crippen MR) is 106 cm³/mol. The molecular weight excluding hydrogens is 326 g/mol. The summed E-state index contributed by atoms with van der Waals surface area (Å²) in [6, 6.07) is 8.65. The first-order chi connectivity index (χ1) is 12.8. The summed E-state index contributed by atoms with van der Waals surface area (Å²) >= 11 is 0. The fourth-order valence-corrected chi connectivity index (χ4v) is 3.87. The summed E-state index contributed by atoms with van der Waals surface area (Å²) in [6.45, 7) is 13.2. The van der Waals surface area contributed by atoms with Crippen molar-refractivity contribution >= 4 is 0 Å². The van der Waals surface area contributed by atoms with Gasteiger partial charge in [-0.2, -0.15) is 0 Å². The van der Waals surface area contributed by atoms with E-state index < -0.39 is 0 Å². The molecule has 0 unspecified atom stereocenters. The molecule has 0 spiro atoms. The molecule has 0 saturated carbocycles. The van der Waals surface area contributed by atoms with Gasteiger partial charge in [-0.05, 0) is 37.1 Å². The highest BCUT2D eigenvalue weighted by atomic mass is 16.5. The molecule has 0 bridgehead atoms. The Balaban J connectivity index is 1.34. The van der Waals surface area contributed by atoms with Gasteiger partial charge < -0.3 is 14.4 Å². The fourth-order valence-electron chi connectivity index (χ4n) is 3.87. The van der Waals surface area contributed by atoms with Crippen LogP contribution in [0.15, 0.2) is 24.3 Å². The van der Waals surface area contributed by atoms with Gasteiger partial charge in [-0.1, -0.05) is 19.1 Å². The first kappa shape index (κ1) is 19.6. The Hall–Kier alpha value is -1.14. The molecule has 3 rings (SSSR count). The van der Waals surface area contributed by atoms with Crippen molar-refractivity contribution in [2.45, 2.75) is 32.4 Å². The molecule has 1 aromatic rings. The van der Waals surface area contributed by atoms with Crippen LogP contribution in [0, 0.1) is 0 Å². The largest absolute Gasteiger partial charge is 0.492 e. The maximum Gasteiger partial charge on any atom is 0.119 e. The number of methoxy groups -OCH3 is 1. The molecule has 146 valence electrons. The number of likely N-dealkylation sites (N-methyl/N-ethyl adjacent to an activating group) is 1. The van der Waals surface area contributed by atoms with E-state index in [0.29, 0.717) is 6.10 Å². The molecule has 0 aliphatic carbocycles. The molecule has 0 atom stereocenters. The second-order valence-corrected chi connectivity index (χ2v) is 7.48. The standard InChI is InChI=1S/C21H35N3O2/c1-3-22-12-14-23(15-13-22)16-17-26-21-6-4-19(5-7-21)18-24-10-8-20(25-2)9-11-24/h4-7,20H,3,8-18H2,1-2H3. The van der Waals surface area contributed by atoms with Gasteiger partial charge in [0.15, 0.2) is 0 Å². The minimum atomic E-state index is 0.451. The average molecular weight is 362 g/mol. The van der Waals surface area contributed by atoms with Crippen molar-refractivity contribution in [3.8, 4) is 5.75 Å². The minimum absolute atomic E-state index is 0.451. The van der Waals surface area contributed by atoms with Crippen LogP contribution in [-0.2, 0) is 11.3 Å². The van der Waals surface area contributed by atoms with Gasteiger partial charge in [0.1, 0.15) is 12.4 Å². The SMILES string of the molecule is CCN1CCN(CCOc2ccc(CN3CCC(OC)CC3)cc2)CC1. The van der Waals surface area contributed by atoms with Crippen molar-refractivity contribution < 1.29 is 9.47 Å². The van der Waals surface area contributed by atoms with E-state index in [-0.39, 0.29) is 0 Å². The summed E-state index contributed by atoms with van der Waals surface area (Å²) in [5.41, 5.74) is 1.36. The van der Waals surface area contributed by atoms with Gasteiger partial charge in [0.2, 0.25) is 0 Å². The third-order valence-electron chi connectivity index (χ3n) is 5.79. The third kappa shape index (κ3) is 5.95. The zero-order valence-corrected chi connectivity index (χ0v) is 16.5. The lowest BCUT2D eigenvalue weighted by Crippen LogP contribution is -2.47. The van der Waals surface area contributed by atoms with Gasteiger partial charge in [-0.25, -0.2) is 0 Å². The monoisotopic (exact) mass is 361 g/mol. The molecule has 5 heteroatoms. The van der Waals surface area contributed by atoms with Crippen LogP contribution in [0.5, 0.6) is 5.75 Å². The predicted octanol–water partition coefficient (Wildman–Crippen LogP) is 2.31. The molecular formula is C21H35N3O2. The Bertz CT molecular complexity index is 506. The van der Waals surface area contributed by atoms with Gasteiger partial charge in [-0.3, -0.25) is 9.80 Å². The van der Waals surface area contributed by atoms with E-state index in [1.165, 1.54) is 25.2 Å². The van der Waals surface area contributed by atoms with Crippen molar-refractivity contribution in [2.24, 2.45) is 0 Å². The lowest BCUT2D eigenvalue weighted by molar-refractivity contribution is 0.0388. The van der Waals surface area contributed by atoms with E-state index in [0.717, 1.165) is 64.5 Å². The highest BCUT2D eigenvalue weighted by Crippen LogP contribution is 2.18. The third-order valence-corrected chi connectivity index (χ3v) is 5.79. The molecule has 26 heavy (non-hydrogen) atoms. The van der Waals surface area contributed by atoms with E-state index in [2.05, 4.69) is 45.9 Å². The van der Waals surface area contributed by atoms with Crippen molar-refractivity contribution in [3.05, 3.63) is 29.8 Å². The van der Waals surface area contributed by atoms with Crippen molar-refractivity contribution in [1.29, 1.82) is 0 Å². The number of piperazine rings is 1. The number of piperidine rings is 1. The summed E-state index contributed by atoms with van der Waals surface area (Å²) in [5, 5.41) is 0. The van der Waals surface area contributed by atoms with Crippen LogP contribution in [0.25, 0.3) is 0 Å². The van der Waals surface area contributed by atoms with E-state index in [9.17, 15) is 0 Å². The quantitative estimate of drug-likeness (QED) is 0.709. The fraction of sp³-hybridized carbons (Fsp3) is 0.714. The Morgan fingerprint density at radius 2 is 1.54 bits per heavy atom. The van der Waals surface area contributed by atoms with E-state index in [1.807, 2.05) is 7.11 Å². The highest BCUT2D eigenvalue weighted by molar-refractivity contribution is 5.27. The first-order valence-corrected chi connectivity index (χ1v) is 10.2. The second-order valence-electron chi connectivity index (χ2n) is 7.48. The molecule has 0 N–H and O–H groups in total. The number of rotatable bonds is 8. The molecule has 2 saturated heterocycles. The summed E-state index contributed by atoms with van der Waals surface area (Å²) in [5.74, 6) is 0.985. The number of hydrogen-bond acceptors (Lipinski definition) is 5. The summed E-state index contributed by atoms with van der Waals surface area (Å²) in [6.07, 6.45) is 2.74. The zero-order valence-electron chi connectivity index (χ0n) is 16.5. The highest BCUT2D eigenvalue weighted by Gasteiger charge is 2.18. The van der Waals surface area contributed by atoms with E-state index in [4.69, 9.17) is 9.47 Å². The van der Waals surface area contributed by atoms with Crippen LogP contribution < -0.4 is 4.74 Å². The maximum absolute atomic E-state index is 5.95. The normalized spacial score (nSPS) is 21.2. The smallest absolute Gasteiger partial charge is 0.119 e. The zero-order chi connectivity index (χ0) is 18.2. The number of hydrogen-bond donors (Lipinski definition) is 0. The minimum Gasteiger partial charge on any atom is -0.492 e. The second kappa shape index (κ2) is 10.3. The summed E-state index contributed by atoms with van der Waals surface area (Å²) in [4.78, 5) is 7.53. The number of benzene rings is 1. The Morgan fingerprint density at radius 1 is 0.885 bits per heavy atom. The van der Waals surface area contributed by atoms with Gasteiger partial charge in [0.05, 0.1) is 6.10 Å². The number of ether oxygens (including phenoxy) is 2. The lowest BCUT2D eigenvalue weighted by Gasteiger charge is -2.33. The molecule has 0 amide bonds. The molecule has 2 aliphatic heterocycles. The lowest BCUT2D eigenvalue weighted by atomic mass is 10.1. The van der Waals surface area contributed by atoms with Gasteiger partial charge in [-0.15, -0.1) is 0 Å². The Morgan fingerprint density at radius 3 is 2.15 bits per heavy atom.